The molecular formula is C67H86N4+4. The molecule has 0 saturated carbocycles. The second-order valence-corrected chi connectivity index (χ2v) is 19.9. The summed E-state index contributed by atoms with van der Waals surface area (Å²) in [6.45, 7) is 24.2. The molecule has 0 unspecified atom stereocenters. The number of pyridine rings is 4. The molecule has 0 bridgehead atoms. The lowest BCUT2D eigenvalue weighted by atomic mass is 9.99. The van der Waals surface area contributed by atoms with Crippen LogP contribution in [0.5, 0.6) is 0 Å². The van der Waals surface area contributed by atoms with Gasteiger partial charge in [-0.2, -0.15) is 0 Å². The van der Waals surface area contributed by atoms with Crippen molar-refractivity contribution < 1.29 is 26.5 Å². The van der Waals surface area contributed by atoms with E-state index in [1.807, 2.05) is 149 Å². The lowest BCUT2D eigenvalue weighted by Crippen LogP contribution is -2.32. The third-order valence-corrected chi connectivity index (χ3v) is 12.5. The molecule has 0 fully saturated rings. The van der Waals surface area contributed by atoms with Crippen LogP contribution in [0.25, 0.3) is 45.0 Å². The van der Waals surface area contributed by atoms with Crippen molar-refractivity contribution in [1.82, 2.24) is 0 Å². The van der Waals surface area contributed by atoms with E-state index in [1.54, 1.807) is 6.92 Å². The van der Waals surface area contributed by atoms with Crippen molar-refractivity contribution >= 4 is 0 Å². The maximum absolute atomic E-state index is 8.26. The highest BCUT2D eigenvalue weighted by molar-refractivity contribution is 5.63. The van der Waals surface area contributed by atoms with E-state index in [2.05, 4.69) is 138 Å². The summed E-state index contributed by atoms with van der Waals surface area (Å²) in [4.78, 5) is 0. The molecule has 4 nitrogen and oxygen atoms in total. The zero-order valence-corrected chi connectivity index (χ0v) is 45.8. The number of benzene rings is 4. The molecule has 0 amide bonds. The standard InChI is InChI=1S/3C17H22N.C16H20N/c1-13(2)11-15-9-10-18(4)17(12-15)16-8-6-5-7-14(16)3;2*1-13(2)11-15-9-10-17(18(4)12-15)16-8-6-5-7-14(16)3;1-5-14-11-17(4)16(10-13(14)3)15-9-7-6-8-12(15)2/h3*5-10,12-13H,11H2,1-4H3;6-11H,5H2,1-4H3/q4*+1/i2*11D2;;5D2. The third kappa shape index (κ3) is 16.0. The molecule has 0 atom stereocenters. The number of hydrogen-bond acceptors (Lipinski definition) is 0. The van der Waals surface area contributed by atoms with Gasteiger partial charge in [0, 0.05) is 77.5 Å². The Balaban J connectivity index is 0.000000189. The molecule has 8 aromatic rings. The first-order valence-electron chi connectivity index (χ1n) is 28.3. The summed E-state index contributed by atoms with van der Waals surface area (Å²) in [6, 6.07) is 47.6. The molecular weight excluding hydrogens is 861 g/mol. The van der Waals surface area contributed by atoms with Crippen molar-refractivity contribution in [2.24, 2.45) is 45.9 Å². The van der Waals surface area contributed by atoms with Gasteiger partial charge >= 0.3 is 0 Å². The van der Waals surface area contributed by atoms with Crippen LogP contribution < -0.4 is 18.3 Å². The summed E-state index contributed by atoms with van der Waals surface area (Å²) in [5.74, 6) is 0.598. The fourth-order valence-corrected chi connectivity index (χ4v) is 8.82. The van der Waals surface area contributed by atoms with E-state index < -0.39 is 19.1 Å². The number of rotatable bonds is 11. The van der Waals surface area contributed by atoms with E-state index in [4.69, 9.17) is 8.22 Å². The Hall–Kier alpha value is -6.52. The largest absolute Gasteiger partial charge is 0.212 e. The Morgan fingerprint density at radius 2 is 0.761 bits per heavy atom. The second kappa shape index (κ2) is 26.6. The average Bonchev–Trinajstić information content (AvgIpc) is 3.36. The second-order valence-electron chi connectivity index (χ2n) is 19.9. The smallest absolute Gasteiger partial charge is 0.201 e. The van der Waals surface area contributed by atoms with Gasteiger partial charge in [0.1, 0.15) is 28.2 Å². The molecule has 4 aromatic carbocycles. The van der Waals surface area contributed by atoms with E-state index in [0.29, 0.717) is 5.92 Å². The van der Waals surface area contributed by atoms with Crippen molar-refractivity contribution in [2.45, 2.75) is 109 Å². The number of hydrogen-bond donors (Lipinski definition) is 0. The molecule has 4 heteroatoms. The van der Waals surface area contributed by atoms with Crippen molar-refractivity contribution in [1.29, 1.82) is 0 Å². The summed E-state index contributed by atoms with van der Waals surface area (Å²) in [5, 5.41) is 0. The topological polar surface area (TPSA) is 15.5 Å². The lowest BCUT2D eigenvalue weighted by Gasteiger charge is -2.08. The third-order valence-electron chi connectivity index (χ3n) is 12.5. The van der Waals surface area contributed by atoms with Gasteiger partial charge in [-0.05, 0) is 148 Å². The van der Waals surface area contributed by atoms with E-state index in [9.17, 15) is 0 Å². The Morgan fingerprint density at radius 3 is 1.17 bits per heavy atom. The van der Waals surface area contributed by atoms with Gasteiger partial charge in [-0.1, -0.05) is 121 Å². The molecule has 8 rings (SSSR count). The fraction of sp³-hybridized carbons (Fsp3) is 0.343. The monoisotopic (exact) mass is 953 g/mol. The van der Waals surface area contributed by atoms with Crippen molar-refractivity contribution in [3.05, 3.63) is 214 Å². The molecule has 0 aliphatic heterocycles. The van der Waals surface area contributed by atoms with Gasteiger partial charge in [0.15, 0.2) is 24.8 Å². The van der Waals surface area contributed by atoms with Gasteiger partial charge < -0.3 is 0 Å². The van der Waals surface area contributed by atoms with Crippen LogP contribution in [0, 0.1) is 52.4 Å². The zero-order valence-electron chi connectivity index (χ0n) is 51.8. The van der Waals surface area contributed by atoms with Crippen LogP contribution >= 0.6 is 0 Å². The minimum atomic E-state index is -1.31. The van der Waals surface area contributed by atoms with E-state index in [1.165, 1.54) is 50.2 Å². The molecule has 0 spiro atoms. The minimum Gasteiger partial charge on any atom is -0.201 e. The van der Waals surface area contributed by atoms with Gasteiger partial charge in [0.05, 0.1) is 0 Å². The van der Waals surface area contributed by atoms with Crippen LogP contribution in [0.15, 0.2) is 164 Å². The summed E-state index contributed by atoms with van der Waals surface area (Å²) < 4.78 is 57.0. The average molecular weight is 953 g/mol. The molecule has 0 saturated heterocycles. The van der Waals surface area contributed by atoms with Crippen molar-refractivity contribution in [2.75, 3.05) is 0 Å². The maximum atomic E-state index is 8.26. The summed E-state index contributed by atoms with van der Waals surface area (Å²) in [5.41, 5.74) is 19.0. The first-order chi connectivity index (χ1) is 36.1. The molecule has 370 valence electrons. The highest BCUT2D eigenvalue weighted by Crippen LogP contribution is 2.25. The van der Waals surface area contributed by atoms with Crippen molar-refractivity contribution in [3.63, 3.8) is 0 Å². The van der Waals surface area contributed by atoms with Crippen LogP contribution in [-0.2, 0) is 53.7 Å². The van der Waals surface area contributed by atoms with Crippen LogP contribution in [-0.4, -0.2) is 0 Å². The number of aryl methyl sites for hydroxylation is 10. The van der Waals surface area contributed by atoms with Crippen LogP contribution in [0.3, 0.4) is 0 Å². The minimum absolute atomic E-state index is 0.0492. The van der Waals surface area contributed by atoms with Crippen LogP contribution in [0.4, 0.5) is 0 Å². The van der Waals surface area contributed by atoms with Gasteiger partial charge in [0.2, 0.25) is 22.8 Å². The lowest BCUT2D eigenvalue weighted by molar-refractivity contribution is -0.661. The molecule has 0 N–H and O–H groups in total. The fourth-order valence-electron chi connectivity index (χ4n) is 8.82. The predicted molar refractivity (Wildman–Crippen MR) is 301 cm³/mol. The van der Waals surface area contributed by atoms with Crippen LogP contribution in [0.1, 0.15) is 107 Å². The Kier molecular flexibility index (Phi) is 17.6. The Morgan fingerprint density at radius 1 is 0.380 bits per heavy atom. The molecule has 0 aliphatic carbocycles. The van der Waals surface area contributed by atoms with Gasteiger partial charge in [-0.3, -0.25) is 0 Å². The summed E-state index contributed by atoms with van der Waals surface area (Å²) in [7, 11) is 8.07. The molecule has 71 heavy (non-hydrogen) atoms. The van der Waals surface area contributed by atoms with Gasteiger partial charge in [0.25, 0.3) is 0 Å². The highest BCUT2D eigenvalue weighted by atomic mass is 14.9. The number of nitrogens with zero attached hydrogens (tertiary/aromatic N) is 4. The molecule has 4 aromatic heterocycles. The maximum Gasteiger partial charge on any atom is 0.212 e. The first kappa shape index (κ1) is 46.8. The first-order valence-corrected chi connectivity index (χ1v) is 25.3. The number of aromatic nitrogens is 4. The normalized spacial score (nSPS) is 12.7. The molecule has 0 radical (unpaired) electrons. The van der Waals surface area contributed by atoms with E-state index >= 15 is 0 Å². The van der Waals surface area contributed by atoms with Crippen molar-refractivity contribution in [3.8, 4) is 45.0 Å². The molecule has 4 heterocycles. The molecule has 0 aliphatic rings. The SMILES string of the molecule is Cc1ccccc1-c1ccc(CC(C)C)c[n+]1C.[2H]C([2H])(C)c1c[n+](C)c(-c2ccccc2C)cc1C.[2H]C([2H])(c1cc[n+](C)c(-c2ccccc2C)c1)C(C)C.[2H]C([2H])(c1ccc(-c2ccccc2C)[n+](C)c1)C(C)C. The Labute approximate surface area is 438 Å². The van der Waals surface area contributed by atoms with E-state index in [-0.39, 0.29) is 11.8 Å². The zero-order chi connectivity index (χ0) is 57.2. The van der Waals surface area contributed by atoms with Gasteiger partial charge in [-0.15, -0.1) is 0 Å². The predicted octanol–water partition coefficient (Wildman–Crippen LogP) is 14.4. The van der Waals surface area contributed by atoms with Crippen LogP contribution in [0.2, 0.25) is 0 Å². The quantitative estimate of drug-likeness (QED) is 0.115. The van der Waals surface area contributed by atoms with E-state index in [0.717, 1.165) is 51.3 Å². The summed E-state index contributed by atoms with van der Waals surface area (Å²) in [6.07, 6.45) is 5.21. The van der Waals surface area contributed by atoms with Gasteiger partial charge in [-0.25, -0.2) is 18.3 Å². The highest BCUT2D eigenvalue weighted by Gasteiger charge is 2.17. The Bertz CT molecular complexity index is 3260. The summed E-state index contributed by atoms with van der Waals surface area (Å²) >= 11 is 0.